The number of H-pyrrole nitrogens is 1. The second-order valence-corrected chi connectivity index (χ2v) is 7.92. The number of oxime groups is 1. The molecule has 2 aromatic carbocycles. The van der Waals surface area contributed by atoms with Crippen molar-refractivity contribution >= 4 is 29.2 Å². The summed E-state index contributed by atoms with van der Waals surface area (Å²) in [5, 5.41) is 4.32. The fourth-order valence-electron chi connectivity index (χ4n) is 4.45. The Balaban J connectivity index is 0.00000205. The molecule has 0 saturated heterocycles. The first kappa shape index (κ1) is 19.8. The molecule has 2 heterocycles. The van der Waals surface area contributed by atoms with Crippen molar-refractivity contribution in [3.63, 3.8) is 0 Å². The van der Waals surface area contributed by atoms with Crippen LogP contribution in [0.1, 0.15) is 49.9 Å². The quantitative estimate of drug-likeness (QED) is 0.550. The SMILES string of the molecule is Cc1cc(-c2c(F)cccc2F)cc2nc(C3=NOC4(CCCCC4)C3)[nH]c12.Cl. The first-order valence-electron chi connectivity index (χ1n) is 9.75. The zero-order valence-electron chi connectivity index (χ0n) is 16.1. The number of nitrogens with one attached hydrogen (secondary N) is 1. The van der Waals surface area contributed by atoms with Gasteiger partial charge in [-0.05, 0) is 68.0 Å². The van der Waals surface area contributed by atoms with Crippen molar-refractivity contribution < 1.29 is 13.6 Å². The summed E-state index contributed by atoms with van der Waals surface area (Å²) < 4.78 is 28.4. The van der Waals surface area contributed by atoms with Gasteiger partial charge >= 0.3 is 0 Å². The van der Waals surface area contributed by atoms with Crippen LogP contribution in [0.3, 0.4) is 0 Å². The number of hydrogen-bond donors (Lipinski definition) is 1. The average Bonchev–Trinajstić information content (AvgIpc) is 3.27. The van der Waals surface area contributed by atoms with Gasteiger partial charge in [0.05, 0.1) is 16.6 Å². The number of aryl methyl sites for hydroxylation is 1. The van der Waals surface area contributed by atoms with E-state index >= 15 is 0 Å². The molecule has 3 aromatic rings. The van der Waals surface area contributed by atoms with E-state index in [2.05, 4.69) is 15.1 Å². The van der Waals surface area contributed by atoms with Crippen LogP contribution in [0, 0.1) is 18.6 Å². The Kier molecular flexibility index (Phi) is 5.07. The van der Waals surface area contributed by atoms with E-state index in [9.17, 15) is 8.78 Å². The maximum atomic E-state index is 14.2. The highest BCUT2D eigenvalue weighted by atomic mass is 35.5. The smallest absolute Gasteiger partial charge is 0.156 e. The topological polar surface area (TPSA) is 50.3 Å². The zero-order chi connectivity index (χ0) is 19.3. The monoisotopic (exact) mass is 417 g/mol. The Morgan fingerprint density at radius 2 is 1.79 bits per heavy atom. The van der Waals surface area contributed by atoms with Gasteiger partial charge in [-0.1, -0.05) is 17.6 Å². The summed E-state index contributed by atoms with van der Waals surface area (Å²) in [6.07, 6.45) is 6.38. The van der Waals surface area contributed by atoms with Crippen LogP contribution in [0.25, 0.3) is 22.2 Å². The fourth-order valence-corrected chi connectivity index (χ4v) is 4.45. The highest BCUT2D eigenvalue weighted by Crippen LogP contribution is 2.39. The van der Waals surface area contributed by atoms with Crippen molar-refractivity contribution in [1.82, 2.24) is 9.97 Å². The summed E-state index contributed by atoms with van der Waals surface area (Å²) in [5.41, 5.74) is 3.48. The second kappa shape index (κ2) is 7.41. The lowest BCUT2D eigenvalue weighted by Crippen LogP contribution is -2.31. The van der Waals surface area contributed by atoms with Gasteiger partial charge in [-0.2, -0.15) is 0 Å². The van der Waals surface area contributed by atoms with Gasteiger partial charge in [-0.3, -0.25) is 0 Å². The molecule has 1 aliphatic heterocycles. The Labute approximate surface area is 173 Å². The molecule has 29 heavy (non-hydrogen) atoms. The van der Waals surface area contributed by atoms with Crippen LogP contribution in [0.15, 0.2) is 35.5 Å². The van der Waals surface area contributed by atoms with Crippen molar-refractivity contribution in [2.45, 2.75) is 51.0 Å². The minimum Gasteiger partial charge on any atom is -0.388 e. The Bertz CT molecular complexity index is 1080. The van der Waals surface area contributed by atoms with Crippen molar-refractivity contribution in [3.05, 3.63) is 53.4 Å². The minimum atomic E-state index is -0.581. The highest BCUT2D eigenvalue weighted by Gasteiger charge is 2.41. The van der Waals surface area contributed by atoms with E-state index in [1.807, 2.05) is 6.92 Å². The molecule has 5 rings (SSSR count). The highest BCUT2D eigenvalue weighted by molar-refractivity contribution is 6.01. The number of aromatic nitrogens is 2. The fraction of sp³-hybridized carbons (Fsp3) is 0.364. The molecule has 1 aromatic heterocycles. The predicted octanol–water partition coefficient (Wildman–Crippen LogP) is 6.07. The van der Waals surface area contributed by atoms with Crippen LogP contribution in [0.4, 0.5) is 8.78 Å². The van der Waals surface area contributed by atoms with Crippen molar-refractivity contribution in [1.29, 1.82) is 0 Å². The summed E-state index contributed by atoms with van der Waals surface area (Å²) in [6.45, 7) is 1.90. The third-order valence-corrected chi connectivity index (χ3v) is 5.92. The first-order chi connectivity index (χ1) is 13.5. The van der Waals surface area contributed by atoms with Crippen LogP contribution in [0.5, 0.6) is 0 Å². The number of hydrogen-bond acceptors (Lipinski definition) is 3. The van der Waals surface area contributed by atoms with Crippen LogP contribution in [-0.2, 0) is 4.84 Å². The summed E-state index contributed by atoms with van der Waals surface area (Å²) in [6, 6.07) is 7.40. The van der Waals surface area contributed by atoms with Crippen molar-refractivity contribution in [2.24, 2.45) is 5.16 Å². The molecule has 0 atom stereocenters. The Morgan fingerprint density at radius 3 is 2.52 bits per heavy atom. The molecule has 4 nitrogen and oxygen atoms in total. The van der Waals surface area contributed by atoms with Gasteiger partial charge in [-0.15, -0.1) is 12.4 Å². The standard InChI is InChI=1S/C22H21F2N3O.ClH/c1-13-10-14(19-15(23)6-5-7-16(19)24)11-17-20(13)26-21(25-17)18-12-22(28-27-18)8-3-2-4-9-22;/h5-7,10-11H,2-4,8-9,12H2,1H3,(H,25,26);1H. The number of benzene rings is 2. The molecule has 1 aliphatic carbocycles. The third-order valence-electron chi connectivity index (χ3n) is 5.92. The van der Waals surface area contributed by atoms with Gasteiger partial charge in [0.1, 0.15) is 22.9 Å². The molecule has 1 N–H and O–H groups in total. The van der Waals surface area contributed by atoms with Crippen molar-refractivity contribution in [2.75, 3.05) is 0 Å². The summed E-state index contributed by atoms with van der Waals surface area (Å²) in [7, 11) is 0. The molecule has 1 spiro atoms. The molecule has 1 fully saturated rings. The minimum absolute atomic E-state index is 0. The molecule has 152 valence electrons. The largest absolute Gasteiger partial charge is 0.388 e. The first-order valence-corrected chi connectivity index (χ1v) is 9.75. The van der Waals surface area contributed by atoms with Crippen LogP contribution < -0.4 is 0 Å². The van der Waals surface area contributed by atoms with E-state index in [1.165, 1.54) is 37.5 Å². The maximum Gasteiger partial charge on any atom is 0.156 e. The predicted molar refractivity (Wildman–Crippen MR) is 111 cm³/mol. The molecule has 0 unspecified atom stereocenters. The van der Waals surface area contributed by atoms with E-state index < -0.39 is 11.6 Å². The number of rotatable bonds is 2. The number of halogens is 3. The van der Waals surface area contributed by atoms with Gasteiger partial charge in [0, 0.05) is 6.42 Å². The lowest BCUT2D eigenvalue weighted by atomic mass is 9.81. The number of imidazole rings is 1. The Hall–Kier alpha value is -2.47. The molecule has 7 heteroatoms. The Morgan fingerprint density at radius 1 is 1.07 bits per heavy atom. The molecular formula is C22H22ClF2N3O. The van der Waals surface area contributed by atoms with Gasteiger partial charge < -0.3 is 9.82 Å². The number of aromatic amines is 1. The van der Waals surface area contributed by atoms with Crippen molar-refractivity contribution in [3.8, 4) is 11.1 Å². The third kappa shape index (κ3) is 3.39. The van der Waals surface area contributed by atoms with Gasteiger partial charge in [0.15, 0.2) is 5.82 Å². The van der Waals surface area contributed by atoms with E-state index in [0.29, 0.717) is 16.9 Å². The molecule has 0 radical (unpaired) electrons. The molecule has 1 saturated carbocycles. The van der Waals surface area contributed by atoms with Crippen LogP contribution >= 0.6 is 12.4 Å². The van der Waals surface area contributed by atoms with E-state index in [-0.39, 0.29) is 23.6 Å². The van der Waals surface area contributed by atoms with Gasteiger partial charge in [-0.25, -0.2) is 13.8 Å². The van der Waals surface area contributed by atoms with E-state index in [4.69, 9.17) is 4.84 Å². The normalized spacial score (nSPS) is 17.8. The molecular weight excluding hydrogens is 396 g/mol. The average molecular weight is 418 g/mol. The summed E-state index contributed by atoms with van der Waals surface area (Å²) in [5.74, 6) is -0.490. The lowest BCUT2D eigenvalue weighted by molar-refractivity contribution is -0.0449. The number of nitrogens with zero attached hydrogens (tertiary/aromatic N) is 2. The zero-order valence-corrected chi connectivity index (χ0v) is 16.9. The second-order valence-electron chi connectivity index (χ2n) is 7.92. The molecule has 0 amide bonds. The van der Waals surface area contributed by atoms with Gasteiger partial charge in [0.2, 0.25) is 0 Å². The maximum absolute atomic E-state index is 14.2. The van der Waals surface area contributed by atoms with Crippen LogP contribution in [0.2, 0.25) is 0 Å². The summed E-state index contributed by atoms with van der Waals surface area (Å²) >= 11 is 0. The van der Waals surface area contributed by atoms with E-state index in [1.54, 1.807) is 12.1 Å². The molecule has 2 aliphatic rings. The van der Waals surface area contributed by atoms with E-state index in [0.717, 1.165) is 36.1 Å². The van der Waals surface area contributed by atoms with Crippen LogP contribution in [-0.4, -0.2) is 21.3 Å². The molecule has 0 bridgehead atoms. The van der Waals surface area contributed by atoms with Gasteiger partial charge in [0.25, 0.3) is 0 Å². The summed E-state index contributed by atoms with van der Waals surface area (Å²) in [4.78, 5) is 13.8. The number of fused-ring (bicyclic) bond motifs is 1. The lowest BCUT2D eigenvalue weighted by Gasteiger charge is -2.30.